The number of hydrogen-bond acceptors (Lipinski definition) is 4. The molecule has 112 valence electrons. The Hall–Kier alpha value is -1.65. The minimum Gasteiger partial charge on any atom is -0.508 e. The van der Waals surface area contributed by atoms with Gasteiger partial charge in [-0.2, -0.15) is 0 Å². The predicted molar refractivity (Wildman–Crippen MR) is 88.0 cm³/mol. The van der Waals surface area contributed by atoms with Crippen LogP contribution in [0.15, 0.2) is 47.4 Å². The molecular formula is C17H21NO2S. The quantitative estimate of drug-likeness (QED) is 0.723. The first-order valence-corrected chi connectivity index (χ1v) is 8.15. The van der Waals surface area contributed by atoms with E-state index in [4.69, 9.17) is 0 Å². The summed E-state index contributed by atoms with van der Waals surface area (Å²) in [5.74, 6) is 0.184. The summed E-state index contributed by atoms with van der Waals surface area (Å²) in [4.78, 5) is 1.25. The van der Waals surface area contributed by atoms with Gasteiger partial charge in [-0.1, -0.05) is 18.2 Å². The highest BCUT2D eigenvalue weighted by Crippen LogP contribution is 2.29. The van der Waals surface area contributed by atoms with Crippen molar-refractivity contribution in [3.05, 3.63) is 53.6 Å². The van der Waals surface area contributed by atoms with Crippen molar-refractivity contribution in [1.82, 2.24) is 5.32 Å². The van der Waals surface area contributed by atoms with Crippen molar-refractivity contribution in [1.29, 1.82) is 0 Å². The van der Waals surface area contributed by atoms with Crippen molar-refractivity contribution in [3.63, 3.8) is 0 Å². The van der Waals surface area contributed by atoms with E-state index in [0.29, 0.717) is 0 Å². The Balaban J connectivity index is 2.08. The van der Waals surface area contributed by atoms with E-state index in [1.165, 1.54) is 16.5 Å². The Kier molecular flexibility index (Phi) is 5.15. The molecule has 2 aromatic rings. The van der Waals surface area contributed by atoms with Gasteiger partial charge in [0.1, 0.15) is 11.5 Å². The van der Waals surface area contributed by atoms with E-state index in [9.17, 15) is 10.2 Å². The standard InChI is InChI=1S/C17H21NO2S/c1-11(13-4-7-15(21-3)8-5-13)18-12(2)16-9-6-14(19)10-17(16)20/h4-12,18-20H,1-3H3. The lowest BCUT2D eigenvalue weighted by atomic mass is 10.0. The van der Waals surface area contributed by atoms with Crippen molar-refractivity contribution in [2.45, 2.75) is 30.8 Å². The van der Waals surface area contributed by atoms with Crippen LogP contribution >= 0.6 is 11.8 Å². The maximum absolute atomic E-state index is 9.91. The molecule has 0 aliphatic heterocycles. The summed E-state index contributed by atoms with van der Waals surface area (Å²) in [5, 5.41) is 22.7. The van der Waals surface area contributed by atoms with Crippen molar-refractivity contribution < 1.29 is 10.2 Å². The molecule has 0 bridgehead atoms. The molecule has 0 amide bonds. The first-order chi connectivity index (χ1) is 10.0. The Morgan fingerprint density at radius 2 is 1.62 bits per heavy atom. The van der Waals surface area contributed by atoms with Gasteiger partial charge in [-0.15, -0.1) is 11.8 Å². The van der Waals surface area contributed by atoms with Crippen LogP contribution in [0, 0.1) is 0 Å². The largest absolute Gasteiger partial charge is 0.508 e. The third-order valence-corrected chi connectivity index (χ3v) is 4.34. The van der Waals surface area contributed by atoms with Gasteiger partial charge in [0.15, 0.2) is 0 Å². The Labute approximate surface area is 130 Å². The van der Waals surface area contributed by atoms with Crippen LogP contribution in [0.3, 0.4) is 0 Å². The van der Waals surface area contributed by atoms with Gasteiger partial charge in [-0.3, -0.25) is 0 Å². The molecule has 21 heavy (non-hydrogen) atoms. The van der Waals surface area contributed by atoms with Crippen molar-refractivity contribution in [3.8, 4) is 11.5 Å². The fourth-order valence-corrected chi connectivity index (χ4v) is 2.76. The van der Waals surface area contributed by atoms with E-state index in [1.807, 2.05) is 6.92 Å². The molecule has 2 aromatic carbocycles. The number of phenolic OH excluding ortho intramolecular Hbond substituents is 2. The number of benzene rings is 2. The molecule has 0 aliphatic carbocycles. The first kappa shape index (κ1) is 15.7. The smallest absolute Gasteiger partial charge is 0.124 e. The highest BCUT2D eigenvalue weighted by Gasteiger charge is 2.14. The van der Waals surface area contributed by atoms with Crippen LogP contribution in [0.25, 0.3) is 0 Å². The predicted octanol–water partition coefficient (Wildman–Crippen LogP) is 4.23. The second-order valence-electron chi connectivity index (χ2n) is 5.13. The van der Waals surface area contributed by atoms with Crippen LogP contribution in [-0.4, -0.2) is 16.5 Å². The second kappa shape index (κ2) is 6.87. The maximum atomic E-state index is 9.91. The zero-order chi connectivity index (χ0) is 15.4. The van der Waals surface area contributed by atoms with Gasteiger partial charge in [0.2, 0.25) is 0 Å². The molecule has 0 saturated carbocycles. The van der Waals surface area contributed by atoms with Gasteiger partial charge in [-0.25, -0.2) is 0 Å². The molecule has 2 atom stereocenters. The minimum absolute atomic E-state index is 0.0131. The fourth-order valence-electron chi connectivity index (χ4n) is 2.35. The summed E-state index contributed by atoms with van der Waals surface area (Å²) in [6.45, 7) is 4.10. The average Bonchev–Trinajstić information content (AvgIpc) is 2.47. The lowest BCUT2D eigenvalue weighted by Crippen LogP contribution is -2.22. The normalized spacial score (nSPS) is 13.9. The van der Waals surface area contributed by atoms with E-state index in [0.717, 1.165) is 5.56 Å². The van der Waals surface area contributed by atoms with E-state index < -0.39 is 0 Å². The second-order valence-corrected chi connectivity index (χ2v) is 6.01. The van der Waals surface area contributed by atoms with E-state index >= 15 is 0 Å². The van der Waals surface area contributed by atoms with E-state index in [1.54, 1.807) is 23.9 Å². The van der Waals surface area contributed by atoms with Crippen LogP contribution in [-0.2, 0) is 0 Å². The zero-order valence-electron chi connectivity index (χ0n) is 12.5. The Morgan fingerprint density at radius 1 is 0.952 bits per heavy atom. The molecule has 0 radical (unpaired) electrons. The summed E-state index contributed by atoms with van der Waals surface area (Å²) in [7, 11) is 0. The van der Waals surface area contributed by atoms with Gasteiger partial charge in [-0.05, 0) is 43.9 Å². The maximum Gasteiger partial charge on any atom is 0.124 e. The number of thioether (sulfide) groups is 1. The van der Waals surface area contributed by atoms with Crippen LogP contribution in [0.2, 0.25) is 0 Å². The number of phenols is 2. The van der Waals surface area contributed by atoms with E-state index in [-0.39, 0.29) is 23.6 Å². The van der Waals surface area contributed by atoms with Crippen LogP contribution in [0.1, 0.15) is 37.1 Å². The molecule has 4 heteroatoms. The third-order valence-electron chi connectivity index (χ3n) is 3.60. The molecule has 3 N–H and O–H groups in total. The molecular weight excluding hydrogens is 282 g/mol. The Bertz CT molecular complexity index is 598. The first-order valence-electron chi connectivity index (χ1n) is 6.93. The van der Waals surface area contributed by atoms with Crippen LogP contribution in [0.4, 0.5) is 0 Å². The SMILES string of the molecule is CSc1ccc(C(C)NC(C)c2ccc(O)cc2O)cc1. The lowest BCUT2D eigenvalue weighted by Gasteiger charge is -2.21. The third kappa shape index (κ3) is 3.93. The monoisotopic (exact) mass is 303 g/mol. The van der Waals surface area contributed by atoms with Crippen molar-refractivity contribution in [2.24, 2.45) is 0 Å². The molecule has 0 heterocycles. The highest BCUT2D eigenvalue weighted by molar-refractivity contribution is 7.98. The van der Waals surface area contributed by atoms with Gasteiger partial charge in [0.25, 0.3) is 0 Å². The number of rotatable bonds is 5. The minimum atomic E-state index is -0.0131. The highest BCUT2D eigenvalue weighted by atomic mass is 32.2. The average molecular weight is 303 g/mol. The summed E-state index contributed by atoms with van der Waals surface area (Å²) >= 11 is 1.73. The lowest BCUT2D eigenvalue weighted by molar-refractivity contribution is 0.427. The van der Waals surface area contributed by atoms with E-state index in [2.05, 4.69) is 42.8 Å². The fraction of sp³-hybridized carbons (Fsp3) is 0.294. The molecule has 3 nitrogen and oxygen atoms in total. The molecule has 0 aliphatic rings. The van der Waals surface area contributed by atoms with Crippen LogP contribution < -0.4 is 5.32 Å². The molecule has 0 spiro atoms. The summed E-state index contributed by atoms with van der Waals surface area (Å²) in [6.07, 6.45) is 2.06. The molecule has 2 rings (SSSR count). The van der Waals surface area contributed by atoms with Gasteiger partial charge in [0, 0.05) is 28.6 Å². The Morgan fingerprint density at radius 3 is 2.19 bits per heavy atom. The molecule has 0 aromatic heterocycles. The van der Waals surface area contributed by atoms with Gasteiger partial charge < -0.3 is 15.5 Å². The summed E-state index contributed by atoms with van der Waals surface area (Å²) in [5.41, 5.74) is 1.98. The molecule has 0 saturated heterocycles. The summed E-state index contributed by atoms with van der Waals surface area (Å²) in [6, 6.07) is 13.3. The number of aromatic hydroxyl groups is 2. The van der Waals surface area contributed by atoms with Crippen molar-refractivity contribution in [2.75, 3.05) is 6.26 Å². The molecule has 2 unspecified atom stereocenters. The topological polar surface area (TPSA) is 52.5 Å². The summed E-state index contributed by atoms with van der Waals surface area (Å²) < 4.78 is 0. The van der Waals surface area contributed by atoms with Gasteiger partial charge >= 0.3 is 0 Å². The number of hydrogen-bond donors (Lipinski definition) is 3. The van der Waals surface area contributed by atoms with Crippen molar-refractivity contribution >= 4 is 11.8 Å². The van der Waals surface area contributed by atoms with Crippen LogP contribution in [0.5, 0.6) is 11.5 Å². The zero-order valence-corrected chi connectivity index (χ0v) is 13.3. The number of nitrogens with one attached hydrogen (secondary N) is 1. The van der Waals surface area contributed by atoms with Gasteiger partial charge in [0.05, 0.1) is 0 Å². The molecule has 0 fully saturated rings.